The second-order valence-electron chi connectivity index (χ2n) is 2.15. The predicted molar refractivity (Wildman–Crippen MR) is 47.4 cm³/mol. The molecule has 0 aromatic carbocycles. The van der Waals surface area contributed by atoms with E-state index in [2.05, 4.69) is 5.10 Å². The highest BCUT2D eigenvalue weighted by atomic mass is 35.5. The van der Waals surface area contributed by atoms with Crippen LogP contribution in [-0.2, 0) is 6.73 Å². The second-order valence-corrected chi connectivity index (χ2v) is 2.91. The SMILES string of the molecule is O=c1c(Cl)c(Cl)c([N+](=O)[O-])nn1CO. The molecule has 0 unspecified atom stereocenters. The minimum atomic E-state index is -0.903. The summed E-state index contributed by atoms with van der Waals surface area (Å²) in [4.78, 5) is 20.6. The summed E-state index contributed by atoms with van der Waals surface area (Å²) in [6.07, 6.45) is 0. The first-order valence-corrected chi connectivity index (χ1v) is 3.96. The first kappa shape index (κ1) is 10.9. The molecule has 0 radical (unpaired) electrons. The third-order valence-electron chi connectivity index (χ3n) is 1.33. The molecule has 14 heavy (non-hydrogen) atoms. The second kappa shape index (κ2) is 3.91. The van der Waals surface area contributed by atoms with Crippen molar-refractivity contribution < 1.29 is 10.0 Å². The molecular weight excluding hydrogens is 237 g/mol. The molecule has 1 N–H and O–H groups in total. The van der Waals surface area contributed by atoms with Gasteiger partial charge in [-0.05, 0) is 4.92 Å². The monoisotopic (exact) mass is 239 g/mol. The smallest absolute Gasteiger partial charge is 0.372 e. The number of nitro groups is 1. The summed E-state index contributed by atoms with van der Waals surface area (Å²) < 4.78 is 0.437. The molecule has 76 valence electrons. The van der Waals surface area contributed by atoms with E-state index < -0.39 is 33.1 Å². The normalized spacial score (nSPS) is 10.2. The third kappa shape index (κ3) is 1.69. The molecule has 0 fully saturated rings. The summed E-state index contributed by atoms with van der Waals surface area (Å²) >= 11 is 10.8. The van der Waals surface area contributed by atoms with E-state index in [4.69, 9.17) is 28.3 Å². The van der Waals surface area contributed by atoms with Gasteiger partial charge in [0.2, 0.25) is 0 Å². The summed E-state index contributed by atoms with van der Waals surface area (Å²) in [6.45, 7) is -0.809. The minimum Gasteiger partial charge on any atom is -0.372 e. The van der Waals surface area contributed by atoms with E-state index in [1.54, 1.807) is 0 Å². The van der Waals surface area contributed by atoms with Gasteiger partial charge in [0.1, 0.15) is 5.02 Å². The van der Waals surface area contributed by atoms with Gasteiger partial charge in [-0.25, -0.2) is 0 Å². The van der Waals surface area contributed by atoms with Crippen LogP contribution in [0.4, 0.5) is 5.82 Å². The highest BCUT2D eigenvalue weighted by Gasteiger charge is 2.23. The number of aliphatic hydroxyl groups excluding tert-OH is 1. The first-order chi connectivity index (χ1) is 6.49. The molecule has 9 heteroatoms. The van der Waals surface area contributed by atoms with E-state index in [0.717, 1.165) is 0 Å². The molecule has 1 aromatic heterocycles. The zero-order chi connectivity index (χ0) is 10.9. The number of aliphatic hydroxyl groups is 1. The van der Waals surface area contributed by atoms with Crippen molar-refractivity contribution in [3.63, 3.8) is 0 Å². The number of aromatic nitrogens is 2. The van der Waals surface area contributed by atoms with Crippen LogP contribution in [0.3, 0.4) is 0 Å². The van der Waals surface area contributed by atoms with Gasteiger partial charge in [0.05, 0.1) is 5.10 Å². The fourth-order valence-corrected chi connectivity index (χ4v) is 1.09. The lowest BCUT2D eigenvalue weighted by atomic mass is 10.5. The lowest BCUT2D eigenvalue weighted by Gasteiger charge is -1.99. The van der Waals surface area contributed by atoms with E-state index in [1.807, 2.05) is 0 Å². The molecule has 0 spiro atoms. The van der Waals surface area contributed by atoms with Gasteiger partial charge < -0.3 is 15.2 Å². The summed E-state index contributed by atoms with van der Waals surface area (Å²) in [7, 11) is 0. The minimum absolute atomic E-state index is 0.437. The maximum atomic E-state index is 11.1. The summed E-state index contributed by atoms with van der Waals surface area (Å²) in [5, 5.41) is 21.1. The van der Waals surface area contributed by atoms with Crippen LogP contribution in [0, 0.1) is 10.1 Å². The van der Waals surface area contributed by atoms with Crippen LogP contribution in [0.5, 0.6) is 0 Å². The maximum absolute atomic E-state index is 11.1. The Hall–Kier alpha value is -1.18. The summed E-state index contributed by atoms with van der Waals surface area (Å²) in [5.74, 6) is -0.773. The van der Waals surface area contributed by atoms with Crippen LogP contribution in [0.15, 0.2) is 4.79 Å². The Labute approximate surface area is 86.6 Å². The van der Waals surface area contributed by atoms with E-state index in [0.29, 0.717) is 4.68 Å². The Morgan fingerprint density at radius 3 is 2.50 bits per heavy atom. The number of nitrogens with zero attached hydrogens (tertiary/aromatic N) is 3. The Balaban J connectivity index is 3.57. The van der Waals surface area contributed by atoms with E-state index >= 15 is 0 Å². The molecule has 1 heterocycles. The molecule has 0 amide bonds. The number of rotatable bonds is 2. The highest BCUT2D eigenvalue weighted by Crippen LogP contribution is 2.25. The highest BCUT2D eigenvalue weighted by molar-refractivity contribution is 6.42. The van der Waals surface area contributed by atoms with E-state index in [1.165, 1.54) is 0 Å². The topological polar surface area (TPSA) is 98.3 Å². The van der Waals surface area contributed by atoms with Gasteiger partial charge in [0.15, 0.2) is 11.8 Å². The fraction of sp³-hybridized carbons (Fsp3) is 0.200. The van der Waals surface area contributed by atoms with Gasteiger partial charge in [-0.1, -0.05) is 23.2 Å². The Kier molecular flexibility index (Phi) is 3.04. The molecule has 0 bridgehead atoms. The average Bonchev–Trinajstić information content (AvgIpc) is 2.14. The van der Waals surface area contributed by atoms with E-state index in [-0.39, 0.29) is 0 Å². The number of hydrogen-bond acceptors (Lipinski definition) is 5. The molecule has 0 aliphatic heterocycles. The quantitative estimate of drug-likeness (QED) is 0.596. The lowest BCUT2D eigenvalue weighted by Crippen LogP contribution is -2.24. The van der Waals surface area contributed by atoms with Gasteiger partial charge >= 0.3 is 11.4 Å². The van der Waals surface area contributed by atoms with Crippen LogP contribution < -0.4 is 5.56 Å². The van der Waals surface area contributed by atoms with Crippen molar-refractivity contribution in [2.24, 2.45) is 0 Å². The van der Waals surface area contributed by atoms with Crippen molar-refractivity contribution in [1.82, 2.24) is 9.78 Å². The molecule has 0 atom stereocenters. The fourth-order valence-electron chi connectivity index (χ4n) is 0.722. The molecule has 0 aliphatic carbocycles. The molecule has 0 saturated carbocycles. The molecule has 1 aromatic rings. The zero-order valence-corrected chi connectivity index (χ0v) is 7.99. The van der Waals surface area contributed by atoms with Crippen molar-refractivity contribution in [2.75, 3.05) is 0 Å². The summed E-state index contributed by atoms with van der Waals surface area (Å²) in [6, 6.07) is 0. The lowest BCUT2D eigenvalue weighted by molar-refractivity contribution is -0.390. The Bertz CT molecular complexity index is 443. The molecule has 0 saturated heterocycles. The van der Waals surface area contributed by atoms with Crippen molar-refractivity contribution >= 4 is 29.0 Å². The standard InChI is InChI=1S/C5H3Cl2N3O4/c6-2-3(7)5(12)9(1-11)8-4(2)10(13)14/h11H,1H2. The summed E-state index contributed by atoms with van der Waals surface area (Å²) in [5.41, 5.74) is -0.884. The van der Waals surface area contributed by atoms with Crippen LogP contribution in [0.2, 0.25) is 10.0 Å². The van der Waals surface area contributed by atoms with Crippen LogP contribution in [0.1, 0.15) is 0 Å². The predicted octanol–water partition coefficient (Wildman–Crippen LogP) is 0.408. The Morgan fingerprint density at radius 1 is 1.50 bits per heavy atom. The van der Waals surface area contributed by atoms with Crippen LogP contribution >= 0.6 is 23.2 Å². The molecular formula is C5H3Cl2N3O4. The zero-order valence-electron chi connectivity index (χ0n) is 6.48. The van der Waals surface area contributed by atoms with Crippen LogP contribution in [0.25, 0.3) is 0 Å². The number of hydrogen-bond donors (Lipinski definition) is 1. The third-order valence-corrected chi connectivity index (χ3v) is 2.14. The van der Waals surface area contributed by atoms with Crippen molar-refractivity contribution in [3.05, 3.63) is 30.5 Å². The molecule has 7 nitrogen and oxygen atoms in total. The van der Waals surface area contributed by atoms with Gasteiger partial charge in [-0.2, -0.15) is 0 Å². The van der Waals surface area contributed by atoms with Gasteiger partial charge in [-0.3, -0.25) is 4.79 Å². The van der Waals surface area contributed by atoms with Crippen LogP contribution in [-0.4, -0.2) is 19.8 Å². The van der Waals surface area contributed by atoms with Crippen molar-refractivity contribution in [1.29, 1.82) is 0 Å². The van der Waals surface area contributed by atoms with Crippen molar-refractivity contribution in [2.45, 2.75) is 6.73 Å². The Morgan fingerprint density at radius 2 is 2.07 bits per heavy atom. The maximum Gasteiger partial charge on any atom is 0.409 e. The largest absolute Gasteiger partial charge is 0.409 e. The number of halogens is 2. The molecule has 0 aliphatic rings. The van der Waals surface area contributed by atoms with Crippen molar-refractivity contribution in [3.8, 4) is 0 Å². The van der Waals surface area contributed by atoms with E-state index in [9.17, 15) is 14.9 Å². The molecule has 1 rings (SSSR count). The van der Waals surface area contributed by atoms with Gasteiger partial charge in [-0.15, -0.1) is 4.68 Å². The van der Waals surface area contributed by atoms with Gasteiger partial charge in [0.25, 0.3) is 0 Å². The first-order valence-electron chi connectivity index (χ1n) is 3.20. The average molecular weight is 240 g/mol. The van der Waals surface area contributed by atoms with Gasteiger partial charge in [0, 0.05) is 0 Å².